The van der Waals surface area contributed by atoms with Crippen LogP contribution in [-0.2, 0) is 0 Å². The summed E-state index contributed by atoms with van der Waals surface area (Å²) in [6.45, 7) is 6.05. The summed E-state index contributed by atoms with van der Waals surface area (Å²) >= 11 is 0. The molecule has 0 N–H and O–H groups in total. The van der Waals surface area contributed by atoms with Crippen LogP contribution in [0.1, 0.15) is 51.9 Å². The maximum atomic E-state index is 3.80. The summed E-state index contributed by atoms with van der Waals surface area (Å²) in [5.74, 6) is 0. The summed E-state index contributed by atoms with van der Waals surface area (Å²) in [5.41, 5.74) is 0. The Balaban J connectivity index is 0. The molecule has 0 spiro atoms. The molecule has 0 aromatic heterocycles. The van der Waals surface area contributed by atoms with Crippen LogP contribution in [0.15, 0.2) is 0 Å². The van der Waals surface area contributed by atoms with Crippen LogP contribution in [0.3, 0.4) is 0 Å². The first-order valence-corrected chi connectivity index (χ1v) is 4.21. The van der Waals surface area contributed by atoms with E-state index >= 15 is 0 Å². The van der Waals surface area contributed by atoms with Gasteiger partial charge in [0.25, 0.3) is 0 Å². The van der Waals surface area contributed by atoms with Crippen molar-refractivity contribution in [3.8, 4) is 0 Å². The van der Waals surface area contributed by atoms with Crippen molar-refractivity contribution in [1.29, 1.82) is 0 Å². The minimum atomic E-state index is 0. The molecule has 0 aromatic rings. The smallest absolute Gasteiger partial charge is 0 e. The molecule has 0 atom stereocenters. The van der Waals surface area contributed by atoms with Crippen LogP contribution in [0.2, 0.25) is 0 Å². The molecule has 0 aromatic carbocycles. The Kier molecular flexibility index (Phi) is 18.1. The van der Waals surface area contributed by atoms with Gasteiger partial charge in [-0.05, 0) is 0 Å². The first kappa shape index (κ1) is 13.9. The fourth-order valence-corrected chi connectivity index (χ4v) is 0.957. The fourth-order valence-electron chi connectivity index (χ4n) is 0.957. The van der Waals surface area contributed by atoms with Crippen molar-refractivity contribution in [2.45, 2.75) is 51.9 Å². The predicted octanol–water partition coefficient (Wildman–Crippen LogP) is 3.57. The van der Waals surface area contributed by atoms with Crippen molar-refractivity contribution in [2.24, 2.45) is 0 Å². The number of rotatable bonds is 6. The molecular weight excluding hydrogens is 252 g/mol. The second kappa shape index (κ2) is 13.0. The van der Waals surface area contributed by atoms with E-state index in [0.29, 0.717) is 0 Å². The van der Waals surface area contributed by atoms with Gasteiger partial charge in [-0.3, -0.25) is 0 Å². The molecule has 0 aliphatic carbocycles. The van der Waals surface area contributed by atoms with E-state index in [4.69, 9.17) is 0 Å². The third-order valence-electron chi connectivity index (χ3n) is 1.60. The van der Waals surface area contributed by atoms with E-state index in [9.17, 15) is 0 Å². The summed E-state index contributed by atoms with van der Waals surface area (Å²) in [6.07, 6.45) is 9.45. The maximum absolute atomic E-state index is 3.80. The molecule has 0 fully saturated rings. The molecule has 0 aliphatic rings. The van der Waals surface area contributed by atoms with Crippen molar-refractivity contribution >= 4 is 0 Å². The van der Waals surface area contributed by atoms with E-state index in [1.165, 1.54) is 38.5 Å². The molecule has 1 heteroatoms. The predicted molar refractivity (Wildman–Crippen MR) is 43.4 cm³/mol. The number of unbranched alkanes of at least 4 members (excludes halogenated alkanes) is 6. The largest absolute Gasteiger partial charge is 0.343 e. The van der Waals surface area contributed by atoms with Gasteiger partial charge in [-0.2, -0.15) is 6.42 Å². The summed E-state index contributed by atoms with van der Waals surface area (Å²) < 4.78 is 0. The first-order chi connectivity index (χ1) is 4.41. The zero-order valence-corrected chi connectivity index (χ0v) is 10.4. The third-order valence-corrected chi connectivity index (χ3v) is 1.60. The average molecular weight is 271 g/mol. The molecule has 0 amide bonds. The molecule has 0 nitrogen and oxygen atoms in total. The minimum absolute atomic E-state index is 0. The molecule has 0 saturated heterocycles. The van der Waals surface area contributed by atoms with E-state index < -0.39 is 0 Å². The zero-order valence-electron chi connectivity index (χ0n) is 7.16. The normalized spacial score (nSPS) is 9.00. The Morgan fingerprint density at radius 1 is 0.900 bits per heavy atom. The topological polar surface area (TPSA) is 0 Å². The SMILES string of the molecule is [CH2-]CCCCCCCC.[Nd]. The van der Waals surface area contributed by atoms with E-state index in [1.807, 2.05) is 0 Å². The standard InChI is InChI=1S/C9H19.Nd/c1-3-5-7-9-8-6-4-2;/h1,3-9H2,2H3;/q-1;. The molecule has 0 rings (SSSR count). The van der Waals surface area contributed by atoms with Gasteiger partial charge >= 0.3 is 0 Å². The maximum Gasteiger partial charge on any atom is 0 e. The first-order valence-electron chi connectivity index (χ1n) is 4.21. The van der Waals surface area contributed by atoms with Gasteiger partial charge in [0.05, 0.1) is 0 Å². The second-order valence-electron chi connectivity index (χ2n) is 2.62. The van der Waals surface area contributed by atoms with Crippen LogP contribution in [0.25, 0.3) is 0 Å². The molecule has 0 saturated carbocycles. The molecular formula is C9H19Nd-. The van der Waals surface area contributed by atoms with Crippen molar-refractivity contribution < 1.29 is 40.8 Å². The Hall–Kier alpha value is 1.35. The molecule has 0 heterocycles. The van der Waals surface area contributed by atoms with Gasteiger partial charge in [-0.1, -0.05) is 45.4 Å². The van der Waals surface area contributed by atoms with Crippen LogP contribution in [0, 0.1) is 47.8 Å². The average Bonchev–Trinajstić information content (AvgIpc) is 1.89. The second-order valence-corrected chi connectivity index (χ2v) is 2.62. The monoisotopic (exact) mass is 269 g/mol. The Labute approximate surface area is 98.7 Å². The third kappa shape index (κ3) is 12.1. The van der Waals surface area contributed by atoms with Crippen LogP contribution < -0.4 is 0 Å². The molecule has 60 valence electrons. The summed E-state index contributed by atoms with van der Waals surface area (Å²) in [6, 6.07) is 0. The van der Waals surface area contributed by atoms with E-state index in [2.05, 4.69) is 13.8 Å². The van der Waals surface area contributed by atoms with Gasteiger partial charge in [0, 0.05) is 40.8 Å². The summed E-state index contributed by atoms with van der Waals surface area (Å²) in [5, 5.41) is 0. The van der Waals surface area contributed by atoms with Gasteiger partial charge in [-0.25, -0.2) is 0 Å². The minimum Gasteiger partial charge on any atom is -0.343 e. The summed E-state index contributed by atoms with van der Waals surface area (Å²) in [4.78, 5) is 0. The van der Waals surface area contributed by atoms with Crippen molar-refractivity contribution in [2.75, 3.05) is 0 Å². The van der Waals surface area contributed by atoms with Gasteiger partial charge in [0.2, 0.25) is 0 Å². The summed E-state index contributed by atoms with van der Waals surface area (Å²) in [7, 11) is 0. The molecule has 10 heavy (non-hydrogen) atoms. The molecule has 0 radical (unpaired) electrons. The Morgan fingerprint density at radius 3 is 1.90 bits per heavy atom. The quantitative estimate of drug-likeness (QED) is 0.512. The zero-order chi connectivity index (χ0) is 6.95. The van der Waals surface area contributed by atoms with Gasteiger partial charge in [0.1, 0.15) is 0 Å². The molecule has 0 unspecified atom stereocenters. The number of hydrogen-bond acceptors (Lipinski definition) is 0. The van der Waals surface area contributed by atoms with E-state index in [-0.39, 0.29) is 40.8 Å². The van der Waals surface area contributed by atoms with Gasteiger partial charge in [-0.15, -0.1) is 0 Å². The van der Waals surface area contributed by atoms with Crippen molar-refractivity contribution in [3.05, 3.63) is 6.92 Å². The van der Waals surface area contributed by atoms with Gasteiger partial charge < -0.3 is 6.92 Å². The van der Waals surface area contributed by atoms with Crippen molar-refractivity contribution in [1.82, 2.24) is 0 Å². The Morgan fingerprint density at radius 2 is 1.40 bits per heavy atom. The van der Waals surface area contributed by atoms with Gasteiger partial charge in [0.15, 0.2) is 0 Å². The van der Waals surface area contributed by atoms with E-state index in [1.54, 1.807) is 0 Å². The van der Waals surface area contributed by atoms with Crippen LogP contribution in [0.4, 0.5) is 0 Å². The van der Waals surface area contributed by atoms with Crippen molar-refractivity contribution in [3.63, 3.8) is 0 Å². The fraction of sp³-hybridized carbons (Fsp3) is 0.889. The van der Waals surface area contributed by atoms with Crippen LogP contribution in [-0.4, -0.2) is 0 Å². The molecule has 0 aliphatic heterocycles. The molecule has 0 bridgehead atoms. The Bertz CT molecular complexity index is 38.0. The van der Waals surface area contributed by atoms with Crippen LogP contribution >= 0.6 is 0 Å². The number of hydrogen-bond donors (Lipinski definition) is 0. The van der Waals surface area contributed by atoms with E-state index in [0.717, 1.165) is 6.42 Å². The van der Waals surface area contributed by atoms with Crippen LogP contribution in [0.5, 0.6) is 0 Å².